The summed E-state index contributed by atoms with van der Waals surface area (Å²) in [6.45, 7) is 7.86. The maximum Gasteiger partial charge on any atom is 0.244 e. The van der Waals surface area contributed by atoms with Gasteiger partial charge < -0.3 is 0 Å². The molecule has 2 unspecified atom stereocenters. The fourth-order valence-electron chi connectivity index (χ4n) is 1.58. The van der Waals surface area contributed by atoms with Crippen LogP contribution in [-0.4, -0.2) is 23.9 Å². The summed E-state index contributed by atoms with van der Waals surface area (Å²) in [5.41, 5.74) is -0.168. The summed E-state index contributed by atoms with van der Waals surface area (Å²) in [4.78, 5) is 22.8. The summed E-state index contributed by atoms with van der Waals surface area (Å²) >= 11 is 0. The summed E-state index contributed by atoms with van der Waals surface area (Å²) in [6, 6.07) is -0.526. The van der Waals surface area contributed by atoms with Gasteiger partial charge in [0.1, 0.15) is 0 Å². The van der Waals surface area contributed by atoms with Crippen molar-refractivity contribution in [3.8, 4) is 0 Å². The molecule has 1 aliphatic rings. The summed E-state index contributed by atoms with van der Waals surface area (Å²) in [7, 11) is 0. The van der Waals surface area contributed by atoms with Crippen LogP contribution in [-0.2, 0) is 9.59 Å². The Morgan fingerprint density at radius 2 is 1.79 bits per heavy atom. The van der Waals surface area contributed by atoms with E-state index in [1.807, 2.05) is 27.7 Å². The Kier molecular flexibility index (Phi) is 2.95. The quantitative estimate of drug-likeness (QED) is 0.601. The van der Waals surface area contributed by atoms with Crippen LogP contribution in [0.25, 0.3) is 0 Å². The molecule has 0 bridgehead atoms. The molecule has 1 aliphatic heterocycles. The van der Waals surface area contributed by atoms with Gasteiger partial charge in [-0.3, -0.25) is 20.2 Å². The molecule has 1 saturated heterocycles. The van der Waals surface area contributed by atoms with E-state index in [-0.39, 0.29) is 29.3 Å². The van der Waals surface area contributed by atoms with Crippen LogP contribution in [0.1, 0.15) is 34.1 Å². The third-order valence-electron chi connectivity index (χ3n) is 2.47. The van der Waals surface area contributed by atoms with Crippen molar-refractivity contribution in [1.82, 2.24) is 10.6 Å². The van der Waals surface area contributed by atoms with Crippen LogP contribution in [0, 0.1) is 5.41 Å². The highest BCUT2D eigenvalue weighted by atomic mass is 16.2. The van der Waals surface area contributed by atoms with Crippen molar-refractivity contribution in [1.29, 1.82) is 0 Å². The normalized spacial score (nSPS) is 28.9. The van der Waals surface area contributed by atoms with E-state index in [0.29, 0.717) is 6.42 Å². The van der Waals surface area contributed by atoms with Crippen molar-refractivity contribution in [3.63, 3.8) is 0 Å². The lowest BCUT2D eigenvalue weighted by atomic mass is 9.84. The standard InChI is InChI=1S/C10H18N2O2/c1-5-6-8(13)12-9(14)7(11-6)10(2,3)4/h6-7,11H,5H2,1-4H3,(H,12,13,14). The third kappa shape index (κ3) is 2.12. The zero-order valence-corrected chi connectivity index (χ0v) is 9.18. The molecule has 2 amide bonds. The minimum atomic E-state index is -0.287. The van der Waals surface area contributed by atoms with Crippen LogP contribution in [0.2, 0.25) is 0 Å². The van der Waals surface area contributed by atoms with E-state index in [2.05, 4.69) is 10.6 Å². The van der Waals surface area contributed by atoms with E-state index in [0.717, 1.165) is 0 Å². The number of imide groups is 1. The molecular formula is C10H18N2O2. The summed E-state index contributed by atoms with van der Waals surface area (Å²) in [6.07, 6.45) is 0.700. The van der Waals surface area contributed by atoms with Crippen molar-refractivity contribution in [3.05, 3.63) is 0 Å². The molecule has 0 aliphatic carbocycles. The predicted octanol–water partition coefficient (Wildman–Crippen LogP) is 0.426. The molecule has 0 aromatic rings. The molecule has 0 saturated carbocycles. The van der Waals surface area contributed by atoms with Crippen LogP contribution < -0.4 is 10.6 Å². The Bertz CT molecular complexity index is 255. The molecule has 4 nitrogen and oxygen atoms in total. The van der Waals surface area contributed by atoms with Crippen molar-refractivity contribution in [2.75, 3.05) is 0 Å². The highest BCUT2D eigenvalue weighted by molar-refractivity contribution is 6.02. The SMILES string of the molecule is CCC1NC(C(C)(C)C)C(=O)NC1=O. The first-order valence-corrected chi connectivity index (χ1v) is 4.97. The van der Waals surface area contributed by atoms with Gasteiger partial charge in [0.05, 0.1) is 12.1 Å². The van der Waals surface area contributed by atoms with Gasteiger partial charge in [-0.25, -0.2) is 0 Å². The fourth-order valence-corrected chi connectivity index (χ4v) is 1.58. The van der Waals surface area contributed by atoms with Crippen molar-refractivity contribution in [2.24, 2.45) is 5.41 Å². The van der Waals surface area contributed by atoms with Gasteiger partial charge in [-0.15, -0.1) is 0 Å². The minimum absolute atomic E-state index is 0.168. The van der Waals surface area contributed by atoms with Crippen molar-refractivity contribution < 1.29 is 9.59 Å². The summed E-state index contributed by atoms with van der Waals surface area (Å²) < 4.78 is 0. The van der Waals surface area contributed by atoms with E-state index in [9.17, 15) is 9.59 Å². The van der Waals surface area contributed by atoms with E-state index in [1.54, 1.807) is 0 Å². The van der Waals surface area contributed by atoms with E-state index >= 15 is 0 Å². The van der Waals surface area contributed by atoms with Gasteiger partial charge in [0.15, 0.2) is 0 Å². The Morgan fingerprint density at radius 1 is 1.21 bits per heavy atom. The van der Waals surface area contributed by atoms with Crippen LogP contribution in [0.15, 0.2) is 0 Å². The second-order valence-electron chi connectivity index (χ2n) is 4.78. The Balaban J connectivity index is 2.80. The number of hydrogen-bond donors (Lipinski definition) is 2. The molecule has 14 heavy (non-hydrogen) atoms. The maximum absolute atomic E-state index is 11.5. The molecule has 1 heterocycles. The van der Waals surface area contributed by atoms with Gasteiger partial charge in [0.25, 0.3) is 0 Å². The molecule has 0 spiro atoms. The van der Waals surface area contributed by atoms with E-state index in [4.69, 9.17) is 0 Å². The lowest BCUT2D eigenvalue weighted by Gasteiger charge is -2.36. The molecular weight excluding hydrogens is 180 g/mol. The van der Waals surface area contributed by atoms with Gasteiger partial charge in [-0.1, -0.05) is 27.7 Å². The number of carbonyl (C=O) groups is 2. The summed E-state index contributed by atoms with van der Waals surface area (Å²) in [5.74, 6) is -0.426. The molecule has 2 atom stereocenters. The molecule has 2 N–H and O–H groups in total. The van der Waals surface area contributed by atoms with Crippen LogP contribution in [0.3, 0.4) is 0 Å². The average molecular weight is 198 g/mol. The van der Waals surface area contributed by atoms with Gasteiger partial charge in [-0.2, -0.15) is 0 Å². The number of rotatable bonds is 1. The van der Waals surface area contributed by atoms with Crippen molar-refractivity contribution in [2.45, 2.75) is 46.2 Å². The molecule has 0 aromatic heterocycles. The van der Waals surface area contributed by atoms with Crippen LogP contribution in [0.5, 0.6) is 0 Å². The molecule has 0 radical (unpaired) electrons. The first-order valence-electron chi connectivity index (χ1n) is 4.97. The lowest BCUT2D eigenvalue weighted by molar-refractivity contribution is -0.138. The Morgan fingerprint density at radius 3 is 2.21 bits per heavy atom. The zero-order chi connectivity index (χ0) is 10.9. The van der Waals surface area contributed by atoms with Crippen LogP contribution in [0.4, 0.5) is 0 Å². The molecule has 0 aromatic carbocycles. The monoisotopic (exact) mass is 198 g/mol. The highest BCUT2D eigenvalue weighted by Gasteiger charge is 2.39. The first kappa shape index (κ1) is 11.2. The zero-order valence-electron chi connectivity index (χ0n) is 9.18. The van der Waals surface area contributed by atoms with Gasteiger partial charge in [0, 0.05) is 0 Å². The van der Waals surface area contributed by atoms with Gasteiger partial charge >= 0.3 is 0 Å². The fraction of sp³-hybridized carbons (Fsp3) is 0.800. The van der Waals surface area contributed by atoms with Gasteiger partial charge in [-0.05, 0) is 11.8 Å². The second-order valence-corrected chi connectivity index (χ2v) is 4.78. The topological polar surface area (TPSA) is 58.2 Å². The summed E-state index contributed by atoms with van der Waals surface area (Å²) in [5, 5.41) is 5.48. The minimum Gasteiger partial charge on any atom is -0.294 e. The number of hydrogen-bond acceptors (Lipinski definition) is 3. The number of piperazine rings is 1. The highest BCUT2D eigenvalue weighted by Crippen LogP contribution is 2.22. The predicted molar refractivity (Wildman–Crippen MR) is 53.6 cm³/mol. The largest absolute Gasteiger partial charge is 0.294 e. The first-order chi connectivity index (χ1) is 6.36. The van der Waals surface area contributed by atoms with E-state index in [1.165, 1.54) is 0 Å². The Labute approximate surface area is 84.4 Å². The third-order valence-corrected chi connectivity index (χ3v) is 2.47. The molecule has 4 heteroatoms. The van der Waals surface area contributed by atoms with Crippen molar-refractivity contribution >= 4 is 11.8 Å². The number of amides is 2. The smallest absolute Gasteiger partial charge is 0.244 e. The lowest BCUT2D eigenvalue weighted by Crippen LogP contribution is -2.65. The number of nitrogens with one attached hydrogen (secondary N) is 2. The molecule has 80 valence electrons. The Hall–Kier alpha value is -0.900. The second kappa shape index (κ2) is 3.69. The maximum atomic E-state index is 11.5. The van der Waals surface area contributed by atoms with E-state index < -0.39 is 0 Å². The van der Waals surface area contributed by atoms with Crippen LogP contribution >= 0.6 is 0 Å². The molecule has 1 rings (SSSR count). The van der Waals surface area contributed by atoms with Gasteiger partial charge in [0.2, 0.25) is 11.8 Å². The molecule has 1 fully saturated rings. The average Bonchev–Trinajstić information content (AvgIpc) is 2.02. The number of carbonyl (C=O) groups excluding carboxylic acids is 2.